The highest BCUT2D eigenvalue weighted by molar-refractivity contribution is 7.89. The van der Waals surface area contributed by atoms with Crippen LogP contribution in [0.15, 0.2) is 52.0 Å². The van der Waals surface area contributed by atoms with Crippen LogP contribution in [-0.2, 0) is 16.6 Å². The normalized spacial score (nSPS) is 16.0. The van der Waals surface area contributed by atoms with Gasteiger partial charge in [-0.25, -0.2) is 13.1 Å². The van der Waals surface area contributed by atoms with Gasteiger partial charge in [-0.2, -0.15) is 0 Å². The molecule has 3 rings (SSSR count). The van der Waals surface area contributed by atoms with Crippen molar-refractivity contribution in [2.24, 2.45) is 0 Å². The van der Waals surface area contributed by atoms with Gasteiger partial charge in [0, 0.05) is 37.8 Å². The van der Waals surface area contributed by atoms with E-state index in [4.69, 9.17) is 4.42 Å². The summed E-state index contributed by atoms with van der Waals surface area (Å²) in [6.07, 6.45) is 1.49. The first kappa shape index (κ1) is 19.6. The average Bonchev–Trinajstić information content (AvgIpc) is 3.20. The summed E-state index contributed by atoms with van der Waals surface area (Å²) in [5, 5.41) is 0. The van der Waals surface area contributed by atoms with Gasteiger partial charge >= 0.3 is 0 Å². The predicted octanol–water partition coefficient (Wildman–Crippen LogP) is 1.92. The Morgan fingerprint density at radius 2 is 1.78 bits per heavy atom. The van der Waals surface area contributed by atoms with Gasteiger partial charge in [-0.05, 0) is 50.2 Å². The fourth-order valence-corrected chi connectivity index (χ4v) is 4.06. The minimum absolute atomic E-state index is 0.0640. The first-order valence-corrected chi connectivity index (χ1v) is 10.5. The number of nitrogens with zero attached hydrogens (tertiary/aromatic N) is 2. The van der Waals surface area contributed by atoms with E-state index in [0.717, 1.165) is 13.1 Å². The molecule has 0 radical (unpaired) electrons. The number of benzene rings is 1. The molecule has 1 aliphatic heterocycles. The molecule has 0 saturated carbocycles. The molecule has 8 heteroatoms. The van der Waals surface area contributed by atoms with Gasteiger partial charge in [0.1, 0.15) is 5.76 Å². The summed E-state index contributed by atoms with van der Waals surface area (Å²) in [7, 11) is -3.66. The molecule has 0 aliphatic carbocycles. The van der Waals surface area contributed by atoms with Crippen LogP contribution >= 0.6 is 0 Å². The standard InChI is InChI=1S/C19H25N3O4S/c1-15(2)21-9-11-22(12-10-21)19(23)16-5-7-18(8-6-16)27(24,25)20-14-17-4-3-13-26-17/h3-8,13,15,20H,9-12,14H2,1-2H3. The fraction of sp³-hybridized carbons (Fsp3) is 0.421. The summed E-state index contributed by atoms with van der Waals surface area (Å²) in [5.41, 5.74) is 0.498. The summed E-state index contributed by atoms with van der Waals surface area (Å²) >= 11 is 0. The van der Waals surface area contributed by atoms with E-state index in [1.165, 1.54) is 18.4 Å². The Hall–Kier alpha value is -2.16. The minimum atomic E-state index is -3.66. The summed E-state index contributed by atoms with van der Waals surface area (Å²) in [5.74, 6) is 0.469. The number of amides is 1. The van der Waals surface area contributed by atoms with Crippen LogP contribution in [0.25, 0.3) is 0 Å². The van der Waals surface area contributed by atoms with E-state index >= 15 is 0 Å². The quantitative estimate of drug-likeness (QED) is 0.814. The molecule has 0 atom stereocenters. The van der Waals surface area contributed by atoms with Crippen LogP contribution in [-0.4, -0.2) is 56.3 Å². The highest BCUT2D eigenvalue weighted by Gasteiger charge is 2.23. The van der Waals surface area contributed by atoms with Crippen molar-refractivity contribution in [1.29, 1.82) is 0 Å². The van der Waals surface area contributed by atoms with Crippen LogP contribution in [0.5, 0.6) is 0 Å². The molecule has 2 heterocycles. The molecule has 2 aromatic rings. The average molecular weight is 391 g/mol. The molecule has 146 valence electrons. The van der Waals surface area contributed by atoms with Crippen molar-refractivity contribution >= 4 is 15.9 Å². The van der Waals surface area contributed by atoms with Crippen molar-refractivity contribution in [1.82, 2.24) is 14.5 Å². The highest BCUT2D eigenvalue weighted by Crippen LogP contribution is 2.15. The summed E-state index contributed by atoms with van der Waals surface area (Å²) < 4.78 is 32.3. The van der Waals surface area contributed by atoms with Crippen LogP contribution in [0.2, 0.25) is 0 Å². The third-order valence-electron chi connectivity index (χ3n) is 4.76. The highest BCUT2D eigenvalue weighted by atomic mass is 32.2. The molecule has 1 aliphatic rings. The van der Waals surface area contributed by atoms with E-state index in [9.17, 15) is 13.2 Å². The summed E-state index contributed by atoms with van der Waals surface area (Å²) in [6, 6.07) is 9.93. The molecule has 0 spiro atoms. The van der Waals surface area contributed by atoms with Crippen LogP contribution in [0.3, 0.4) is 0 Å². The second-order valence-electron chi connectivity index (χ2n) is 6.85. The molecule has 7 nitrogen and oxygen atoms in total. The minimum Gasteiger partial charge on any atom is -0.468 e. The largest absolute Gasteiger partial charge is 0.468 e. The number of nitrogens with one attached hydrogen (secondary N) is 1. The molecule has 1 amide bonds. The molecule has 27 heavy (non-hydrogen) atoms. The smallest absolute Gasteiger partial charge is 0.253 e. The van der Waals surface area contributed by atoms with E-state index in [0.29, 0.717) is 30.5 Å². The van der Waals surface area contributed by atoms with Gasteiger partial charge in [0.05, 0.1) is 17.7 Å². The SMILES string of the molecule is CC(C)N1CCN(C(=O)c2ccc(S(=O)(=O)NCc3ccco3)cc2)CC1. The van der Waals surface area contributed by atoms with Crippen molar-refractivity contribution in [3.05, 3.63) is 54.0 Å². The number of sulfonamides is 1. The molecule has 1 fully saturated rings. The molecule has 1 aromatic carbocycles. The second kappa shape index (κ2) is 8.24. The fourth-order valence-electron chi connectivity index (χ4n) is 3.06. The summed E-state index contributed by atoms with van der Waals surface area (Å²) in [6.45, 7) is 7.45. The van der Waals surface area contributed by atoms with Gasteiger partial charge in [0.2, 0.25) is 10.0 Å². The van der Waals surface area contributed by atoms with Crippen LogP contribution in [0.4, 0.5) is 0 Å². The third-order valence-corrected chi connectivity index (χ3v) is 6.18. The number of hydrogen-bond acceptors (Lipinski definition) is 5. The molecule has 0 bridgehead atoms. The van der Waals surface area contributed by atoms with E-state index in [1.54, 1.807) is 24.3 Å². The number of carbonyl (C=O) groups is 1. The summed E-state index contributed by atoms with van der Waals surface area (Å²) in [4.78, 5) is 16.9. The molecule has 1 aromatic heterocycles. The van der Waals surface area contributed by atoms with E-state index < -0.39 is 10.0 Å². The molecular formula is C19H25N3O4S. The van der Waals surface area contributed by atoms with Gasteiger partial charge in [-0.15, -0.1) is 0 Å². The second-order valence-corrected chi connectivity index (χ2v) is 8.62. The lowest BCUT2D eigenvalue weighted by atomic mass is 10.1. The molecular weight excluding hydrogens is 366 g/mol. The zero-order chi connectivity index (χ0) is 19.4. The first-order valence-electron chi connectivity index (χ1n) is 9.02. The predicted molar refractivity (Wildman–Crippen MR) is 102 cm³/mol. The van der Waals surface area contributed by atoms with E-state index in [1.807, 2.05) is 4.90 Å². The molecule has 1 N–H and O–H groups in total. The maximum atomic E-state index is 12.6. The Morgan fingerprint density at radius 3 is 2.33 bits per heavy atom. The van der Waals surface area contributed by atoms with Gasteiger partial charge in [0.15, 0.2) is 0 Å². The van der Waals surface area contributed by atoms with Crippen molar-refractivity contribution in [3.63, 3.8) is 0 Å². The number of hydrogen-bond donors (Lipinski definition) is 1. The maximum absolute atomic E-state index is 12.6. The lowest BCUT2D eigenvalue weighted by Crippen LogP contribution is -2.50. The third kappa shape index (κ3) is 4.77. The zero-order valence-corrected chi connectivity index (χ0v) is 16.4. The van der Waals surface area contributed by atoms with Crippen molar-refractivity contribution in [2.75, 3.05) is 26.2 Å². The molecule has 0 unspecified atom stereocenters. The zero-order valence-electron chi connectivity index (χ0n) is 15.6. The topological polar surface area (TPSA) is 82.9 Å². The molecule has 1 saturated heterocycles. The van der Waals surface area contributed by atoms with Crippen LogP contribution < -0.4 is 4.72 Å². The van der Waals surface area contributed by atoms with Gasteiger partial charge < -0.3 is 9.32 Å². The number of rotatable bonds is 6. The maximum Gasteiger partial charge on any atom is 0.253 e. The Labute approximate surface area is 160 Å². The van der Waals surface area contributed by atoms with Crippen molar-refractivity contribution in [3.8, 4) is 0 Å². The van der Waals surface area contributed by atoms with Crippen molar-refractivity contribution in [2.45, 2.75) is 31.3 Å². The lowest BCUT2D eigenvalue weighted by Gasteiger charge is -2.37. The van der Waals surface area contributed by atoms with Crippen molar-refractivity contribution < 1.29 is 17.6 Å². The Kier molecular flexibility index (Phi) is 5.98. The van der Waals surface area contributed by atoms with E-state index in [2.05, 4.69) is 23.5 Å². The van der Waals surface area contributed by atoms with Crippen LogP contribution in [0.1, 0.15) is 30.0 Å². The monoisotopic (exact) mass is 391 g/mol. The number of piperazine rings is 1. The van der Waals surface area contributed by atoms with Gasteiger partial charge in [-0.3, -0.25) is 9.69 Å². The lowest BCUT2D eigenvalue weighted by molar-refractivity contribution is 0.0595. The Bertz CT molecular complexity index is 853. The van der Waals surface area contributed by atoms with Crippen LogP contribution in [0, 0.1) is 0 Å². The number of carbonyl (C=O) groups excluding carboxylic acids is 1. The Balaban J connectivity index is 1.62. The Morgan fingerprint density at radius 1 is 1.11 bits per heavy atom. The van der Waals surface area contributed by atoms with E-state index in [-0.39, 0.29) is 17.3 Å². The first-order chi connectivity index (χ1) is 12.9. The van der Waals surface area contributed by atoms with Gasteiger partial charge in [0.25, 0.3) is 5.91 Å². The number of furan rings is 1. The van der Waals surface area contributed by atoms with Gasteiger partial charge in [-0.1, -0.05) is 0 Å².